The van der Waals surface area contributed by atoms with Gasteiger partial charge in [0, 0.05) is 0 Å². The zero-order chi connectivity index (χ0) is 19.3. The average molecular weight is 356 g/mol. The van der Waals surface area contributed by atoms with Gasteiger partial charge in [-0.25, -0.2) is 9.78 Å². The van der Waals surface area contributed by atoms with E-state index in [1.807, 2.05) is 37.3 Å². The number of esters is 1. The quantitative estimate of drug-likeness (QED) is 0.803. The van der Waals surface area contributed by atoms with E-state index in [-0.39, 0.29) is 30.0 Å². The van der Waals surface area contributed by atoms with Crippen LogP contribution < -0.4 is 10.1 Å². The Labute approximate surface area is 153 Å². The lowest BCUT2D eigenvalue weighted by Gasteiger charge is -2.19. The van der Waals surface area contributed by atoms with Crippen molar-refractivity contribution in [1.29, 1.82) is 0 Å². The Morgan fingerprint density at radius 2 is 1.81 bits per heavy atom. The lowest BCUT2D eigenvalue weighted by Crippen LogP contribution is -2.29. The van der Waals surface area contributed by atoms with Crippen LogP contribution in [0.4, 0.5) is 0 Å². The fourth-order valence-electron chi connectivity index (χ4n) is 2.84. The number of benzene rings is 1. The Balaban J connectivity index is 2.40. The highest BCUT2D eigenvalue weighted by atomic mass is 16.5. The molecule has 1 amide bonds. The molecule has 0 spiro atoms. The van der Waals surface area contributed by atoms with Crippen molar-refractivity contribution in [2.75, 3.05) is 13.7 Å². The standard InChI is InChI=1S/C20H24N2O4/c1-6-26-20(24)17-12(2)16(14(4)22-19(17)25-5)18(23)21-13(3)15-10-8-7-9-11-15/h7-11,13H,6H2,1-5H3,(H,21,23). The van der Waals surface area contributed by atoms with Crippen LogP contribution in [0.15, 0.2) is 30.3 Å². The molecule has 0 aliphatic carbocycles. The summed E-state index contributed by atoms with van der Waals surface area (Å²) in [5, 5.41) is 2.96. The molecule has 0 aliphatic rings. The van der Waals surface area contributed by atoms with Gasteiger partial charge in [-0.1, -0.05) is 30.3 Å². The molecule has 1 atom stereocenters. The van der Waals surface area contributed by atoms with E-state index < -0.39 is 5.97 Å². The van der Waals surface area contributed by atoms with Crippen LogP contribution in [0.3, 0.4) is 0 Å². The first-order chi connectivity index (χ1) is 12.4. The number of ether oxygens (including phenoxy) is 2. The van der Waals surface area contributed by atoms with Crippen molar-refractivity contribution < 1.29 is 19.1 Å². The van der Waals surface area contributed by atoms with Crippen LogP contribution in [0, 0.1) is 13.8 Å². The number of pyridine rings is 1. The summed E-state index contributed by atoms with van der Waals surface area (Å²) in [6.45, 7) is 7.26. The Kier molecular flexibility index (Phi) is 6.33. The highest BCUT2D eigenvalue weighted by Crippen LogP contribution is 2.26. The third-order valence-electron chi connectivity index (χ3n) is 4.14. The molecule has 0 bridgehead atoms. The van der Waals surface area contributed by atoms with Crippen LogP contribution in [0.25, 0.3) is 0 Å². The number of hydrogen-bond donors (Lipinski definition) is 1. The summed E-state index contributed by atoms with van der Waals surface area (Å²) in [6.07, 6.45) is 0. The zero-order valence-corrected chi connectivity index (χ0v) is 15.8. The van der Waals surface area contributed by atoms with Crippen LogP contribution in [-0.2, 0) is 4.74 Å². The number of amides is 1. The van der Waals surface area contributed by atoms with Gasteiger partial charge in [0.05, 0.1) is 31.0 Å². The van der Waals surface area contributed by atoms with Crippen LogP contribution >= 0.6 is 0 Å². The molecular weight excluding hydrogens is 332 g/mol. The molecule has 0 fully saturated rings. The van der Waals surface area contributed by atoms with Crippen molar-refractivity contribution in [3.05, 3.63) is 58.3 Å². The highest BCUT2D eigenvalue weighted by molar-refractivity contribution is 6.02. The van der Waals surface area contributed by atoms with E-state index in [9.17, 15) is 9.59 Å². The number of methoxy groups -OCH3 is 1. The van der Waals surface area contributed by atoms with Gasteiger partial charge in [-0.05, 0) is 38.8 Å². The second-order valence-corrected chi connectivity index (χ2v) is 5.91. The minimum atomic E-state index is -0.556. The summed E-state index contributed by atoms with van der Waals surface area (Å²) in [7, 11) is 1.43. The molecule has 0 saturated heterocycles. The number of carbonyl (C=O) groups excluding carboxylic acids is 2. The van der Waals surface area contributed by atoms with E-state index in [1.54, 1.807) is 20.8 Å². The third kappa shape index (κ3) is 4.02. The number of hydrogen-bond acceptors (Lipinski definition) is 5. The molecule has 6 heteroatoms. The molecule has 1 aromatic carbocycles. The predicted octanol–water partition coefficient (Wildman–Crippen LogP) is 3.37. The van der Waals surface area contributed by atoms with Crippen molar-refractivity contribution in [1.82, 2.24) is 10.3 Å². The largest absolute Gasteiger partial charge is 0.480 e. The fraction of sp³-hybridized carbons (Fsp3) is 0.350. The maximum Gasteiger partial charge on any atom is 0.343 e. The fourth-order valence-corrected chi connectivity index (χ4v) is 2.84. The van der Waals surface area contributed by atoms with Crippen LogP contribution in [0.2, 0.25) is 0 Å². The van der Waals surface area contributed by atoms with Crippen LogP contribution in [-0.4, -0.2) is 30.6 Å². The summed E-state index contributed by atoms with van der Waals surface area (Å²) in [6, 6.07) is 9.47. The molecule has 26 heavy (non-hydrogen) atoms. The van der Waals surface area contributed by atoms with Gasteiger partial charge in [-0.15, -0.1) is 0 Å². The SMILES string of the molecule is CCOC(=O)c1c(OC)nc(C)c(C(=O)NC(C)c2ccccc2)c1C. The summed E-state index contributed by atoms with van der Waals surface area (Å²) >= 11 is 0. The topological polar surface area (TPSA) is 77.5 Å². The maximum absolute atomic E-state index is 12.9. The van der Waals surface area contributed by atoms with Crippen molar-refractivity contribution in [2.45, 2.75) is 33.7 Å². The van der Waals surface area contributed by atoms with Gasteiger partial charge in [0.25, 0.3) is 5.91 Å². The Bertz CT molecular complexity index is 803. The van der Waals surface area contributed by atoms with E-state index in [2.05, 4.69) is 10.3 Å². The molecule has 0 radical (unpaired) electrons. The van der Waals surface area contributed by atoms with Crippen molar-refractivity contribution >= 4 is 11.9 Å². The van der Waals surface area contributed by atoms with Crippen LogP contribution in [0.1, 0.15) is 57.4 Å². The summed E-state index contributed by atoms with van der Waals surface area (Å²) in [4.78, 5) is 29.4. The number of aromatic nitrogens is 1. The van der Waals surface area contributed by atoms with Gasteiger partial charge in [-0.3, -0.25) is 4.79 Å². The number of nitrogens with zero attached hydrogens (tertiary/aromatic N) is 1. The molecule has 1 heterocycles. The van der Waals surface area contributed by atoms with E-state index in [0.29, 0.717) is 16.8 Å². The highest BCUT2D eigenvalue weighted by Gasteiger charge is 2.26. The molecule has 1 unspecified atom stereocenters. The number of nitrogens with one attached hydrogen (secondary N) is 1. The zero-order valence-electron chi connectivity index (χ0n) is 15.8. The molecular formula is C20H24N2O4. The van der Waals surface area contributed by atoms with Gasteiger partial charge in [0.15, 0.2) is 0 Å². The van der Waals surface area contributed by atoms with E-state index in [1.165, 1.54) is 7.11 Å². The smallest absolute Gasteiger partial charge is 0.343 e. The van der Waals surface area contributed by atoms with Crippen molar-refractivity contribution in [2.24, 2.45) is 0 Å². The van der Waals surface area contributed by atoms with E-state index >= 15 is 0 Å². The summed E-state index contributed by atoms with van der Waals surface area (Å²) in [5.74, 6) is -0.692. The predicted molar refractivity (Wildman–Crippen MR) is 98.5 cm³/mol. The monoisotopic (exact) mass is 356 g/mol. The number of aryl methyl sites for hydroxylation is 1. The van der Waals surface area contributed by atoms with E-state index in [0.717, 1.165) is 5.56 Å². The first-order valence-electron chi connectivity index (χ1n) is 8.48. The maximum atomic E-state index is 12.9. The molecule has 1 N–H and O–H groups in total. The second kappa shape index (κ2) is 8.47. The van der Waals surface area contributed by atoms with Gasteiger partial charge in [0.1, 0.15) is 5.56 Å². The third-order valence-corrected chi connectivity index (χ3v) is 4.14. The molecule has 0 aliphatic heterocycles. The molecule has 2 aromatic rings. The summed E-state index contributed by atoms with van der Waals surface area (Å²) in [5.41, 5.74) is 2.51. The number of rotatable bonds is 6. The summed E-state index contributed by atoms with van der Waals surface area (Å²) < 4.78 is 10.3. The lowest BCUT2D eigenvalue weighted by atomic mass is 10.0. The Morgan fingerprint density at radius 3 is 2.38 bits per heavy atom. The van der Waals surface area contributed by atoms with E-state index in [4.69, 9.17) is 9.47 Å². The normalized spacial score (nSPS) is 11.6. The average Bonchev–Trinajstić information content (AvgIpc) is 2.61. The number of carbonyl (C=O) groups is 2. The van der Waals surface area contributed by atoms with Crippen molar-refractivity contribution in [3.63, 3.8) is 0 Å². The lowest BCUT2D eigenvalue weighted by molar-refractivity contribution is 0.0521. The molecule has 6 nitrogen and oxygen atoms in total. The van der Waals surface area contributed by atoms with Gasteiger partial charge in [0.2, 0.25) is 5.88 Å². The van der Waals surface area contributed by atoms with Gasteiger partial charge in [-0.2, -0.15) is 0 Å². The second-order valence-electron chi connectivity index (χ2n) is 5.91. The van der Waals surface area contributed by atoms with Crippen molar-refractivity contribution in [3.8, 4) is 5.88 Å². The van der Waals surface area contributed by atoms with Gasteiger partial charge < -0.3 is 14.8 Å². The van der Waals surface area contributed by atoms with Gasteiger partial charge >= 0.3 is 5.97 Å². The van der Waals surface area contributed by atoms with Crippen LogP contribution in [0.5, 0.6) is 5.88 Å². The first kappa shape index (κ1) is 19.4. The minimum absolute atomic E-state index is 0.158. The molecule has 138 valence electrons. The molecule has 2 rings (SSSR count). The first-order valence-corrected chi connectivity index (χ1v) is 8.48. The minimum Gasteiger partial charge on any atom is -0.480 e. The Morgan fingerprint density at radius 1 is 1.15 bits per heavy atom. The molecule has 1 aromatic heterocycles. The Hall–Kier alpha value is -2.89. The molecule has 0 saturated carbocycles.